The van der Waals surface area contributed by atoms with E-state index in [9.17, 15) is 14.9 Å². The van der Waals surface area contributed by atoms with Crippen LogP contribution in [0.3, 0.4) is 0 Å². The highest BCUT2D eigenvalue weighted by Gasteiger charge is 2.08. The minimum absolute atomic E-state index is 0.0379. The number of nitro groups is 1. The van der Waals surface area contributed by atoms with Crippen LogP contribution in [-0.2, 0) is 4.79 Å². The molecule has 0 saturated carbocycles. The highest BCUT2D eigenvalue weighted by Crippen LogP contribution is 2.24. The third kappa shape index (κ3) is 5.41. The molecule has 2 rings (SSSR count). The molecule has 0 atom stereocenters. The van der Waals surface area contributed by atoms with Crippen LogP contribution in [0, 0.1) is 17.0 Å². The second kappa shape index (κ2) is 8.75. The Bertz CT molecular complexity index is 831. The van der Waals surface area contributed by atoms with Gasteiger partial charge in [-0.05, 0) is 30.0 Å². The molecule has 7 nitrogen and oxygen atoms in total. The fraction of sp³-hybridized carbons (Fsp3) is 0.263. The summed E-state index contributed by atoms with van der Waals surface area (Å²) in [6.07, 6.45) is 1.34. The fourth-order valence-electron chi connectivity index (χ4n) is 2.20. The first-order valence-corrected chi connectivity index (χ1v) is 8.16. The Morgan fingerprint density at radius 2 is 2.08 bits per heavy atom. The summed E-state index contributed by atoms with van der Waals surface area (Å²) in [5.74, 6) is 0.612. The van der Waals surface area contributed by atoms with Crippen molar-refractivity contribution < 1.29 is 14.5 Å². The molecule has 1 amide bonds. The summed E-state index contributed by atoms with van der Waals surface area (Å²) in [5, 5.41) is 14.5. The molecule has 0 aliphatic rings. The number of nitro benzene ring substituents is 1. The number of nitrogens with zero attached hydrogens (tertiary/aromatic N) is 2. The average Bonchev–Trinajstić information content (AvgIpc) is 2.61. The first kappa shape index (κ1) is 19.1. The fourth-order valence-corrected chi connectivity index (χ4v) is 2.20. The minimum Gasteiger partial charge on any atom is -0.483 e. The van der Waals surface area contributed by atoms with E-state index in [1.807, 2.05) is 25.1 Å². The van der Waals surface area contributed by atoms with Gasteiger partial charge in [-0.1, -0.05) is 38.1 Å². The normalized spacial score (nSPS) is 10.9. The summed E-state index contributed by atoms with van der Waals surface area (Å²) in [4.78, 5) is 22.1. The van der Waals surface area contributed by atoms with Gasteiger partial charge in [0.2, 0.25) is 0 Å². The lowest BCUT2D eigenvalue weighted by Gasteiger charge is -2.12. The van der Waals surface area contributed by atoms with E-state index in [0.717, 1.165) is 11.1 Å². The molecule has 0 radical (unpaired) electrons. The maximum absolute atomic E-state index is 11.9. The van der Waals surface area contributed by atoms with Gasteiger partial charge in [0.25, 0.3) is 11.6 Å². The molecular weight excluding hydrogens is 334 g/mol. The number of hydrazone groups is 1. The molecule has 0 fully saturated rings. The summed E-state index contributed by atoms with van der Waals surface area (Å²) in [6.45, 7) is 5.92. The van der Waals surface area contributed by atoms with Gasteiger partial charge in [0, 0.05) is 17.7 Å². The highest BCUT2D eigenvalue weighted by molar-refractivity contribution is 5.83. The smallest absolute Gasteiger partial charge is 0.277 e. The first-order valence-electron chi connectivity index (χ1n) is 8.16. The van der Waals surface area contributed by atoms with Crippen LogP contribution in [0.4, 0.5) is 5.69 Å². The van der Waals surface area contributed by atoms with E-state index in [-0.39, 0.29) is 12.3 Å². The summed E-state index contributed by atoms with van der Waals surface area (Å²) in [5.41, 5.74) is 4.90. The SMILES string of the molecule is Cc1ccc(C(C)C)cc1OCC(=O)N/N=C\c1cccc([N+](=O)[O-])c1. The van der Waals surface area contributed by atoms with Crippen LogP contribution in [0.25, 0.3) is 0 Å². The summed E-state index contributed by atoms with van der Waals surface area (Å²) in [6, 6.07) is 11.9. The number of non-ortho nitro benzene ring substituents is 1. The van der Waals surface area contributed by atoms with E-state index < -0.39 is 10.8 Å². The number of benzene rings is 2. The molecule has 0 bridgehead atoms. The molecule has 0 unspecified atom stereocenters. The number of amides is 1. The zero-order valence-electron chi connectivity index (χ0n) is 14.9. The van der Waals surface area contributed by atoms with Crippen LogP contribution in [0.5, 0.6) is 5.75 Å². The molecule has 26 heavy (non-hydrogen) atoms. The minimum atomic E-state index is -0.489. The number of carbonyl (C=O) groups is 1. The van der Waals surface area contributed by atoms with Gasteiger partial charge in [-0.25, -0.2) is 5.43 Å². The lowest BCUT2D eigenvalue weighted by atomic mass is 10.0. The predicted octanol–water partition coefficient (Wildman–Crippen LogP) is 3.56. The summed E-state index contributed by atoms with van der Waals surface area (Å²) in [7, 11) is 0. The average molecular weight is 355 g/mol. The van der Waals surface area contributed by atoms with Crippen molar-refractivity contribution in [3.8, 4) is 5.75 Å². The van der Waals surface area contributed by atoms with Crippen molar-refractivity contribution >= 4 is 17.8 Å². The Morgan fingerprint density at radius 1 is 1.31 bits per heavy atom. The monoisotopic (exact) mass is 355 g/mol. The number of nitrogens with one attached hydrogen (secondary N) is 1. The molecule has 2 aromatic rings. The molecular formula is C19H21N3O4. The van der Waals surface area contributed by atoms with Crippen LogP contribution >= 0.6 is 0 Å². The van der Waals surface area contributed by atoms with Gasteiger partial charge in [-0.3, -0.25) is 14.9 Å². The second-order valence-corrected chi connectivity index (χ2v) is 6.11. The van der Waals surface area contributed by atoms with Gasteiger partial charge in [-0.2, -0.15) is 5.10 Å². The number of hydrogen-bond donors (Lipinski definition) is 1. The molecule has 0 aliphatic heterocycles. The van der Waals surface area contributed by atoms with Crippen LogP contribution in [0.1, 0.15) is 36.5 Å². The van der Waals surface area contributed by atoms with E-state index in [2.05, 4.69) is 24.4 Å². The van der Waals surface area contributed by atoms with Gasteiger partial charge in [0.05, 0.1) is 11.1 Å². The largest absolute Gasteiger partial charge is 0.483 e. The summed E-state index contributed by atoms with van der Waals surface area (Å²) >= 11 is 0. The van der Waals surface area contributed by atoms with Crippen molar-refractivity contribution in [2.24, 2.45) is 5.10 Å². The third-order valence-corrected chi connectivity index (χ3v) is 3.72. The number of rotatable bonds is 7. The maximum atomic E-state index is 11.9. The number of carbonyl (C=O) groups excluding carboxylic acids is 1. The van der Waals surface area contributed by atoms with E-state index >= 15 is 0 Å². The van der Waals surface area contributed by atoms with Gasteiger partial charge < -0.3 is 4.74 Å². The van der Waals surface area contributed by atoms with E-state index in [4.69, 9.17) is 4.74 Å². The lowest BCUT2D eigenvalue weighted by Crippen LogP contribution is -2.24. The molecule has 136 valence electrons. The molecule has 0 heterocycles. The van der Waals surface area contributed by atoms with Crippen molar-refractivity contribution in [2.75, 3.05) is 6.61 Å². The van der Waals surface area contributed by atoms with Gasteiger partial charge in [0.15, 0.2) is 6.61 Å². The summed E-state index contributed by atoms with van der Waals surface area (Å²) < 4.78 is 5.57. The van der Waals surface area contributed by atoms with Crippen LogP contribution in [0.15, 0.2) is 47.6 Å². The van der Waals surface area contributed by atoms with Crippen LogP contribution in [0.2, 0.25) is 0 Å². The molecule has 0 aromatic heterocycles. The Kier molecular flexibility index (Phi) is 6.43. The maximum Gasteiger partial charge on any atom is 0.277 e. The molecule has 0 aliphatic carbocycles. The van der Waals surface area contributed by atoms with Crippen molar-refractivity contribution in [2.45, 2.75) is 26.7 Å². The zero-order valence-corrected chi connectivity index (χ0v) is 14.9. The number of hydrogen-bond acceptors (Lipinski definition) is 5. The van der Waals surface area contributed by atoms with Gasteiger partial charge >= 0.3 is 0 Å². The van der Waals surface area contributed by atoms with E-state index in [1.54, 1.807) is 12.1 Å². The van der Waals surface area contributed by atoms with Gasteiger partial charge in [-0.15, -0.1) is 0 Å². The Labute approximate surface area is 151 Å². The third-order valence-electron chi connectivity index (χ3n) is 3.72. The van der Waals surface area contributed by atoms with E-state index in [1.165, 1.54) is 18.3 Å². The quantitative estimate of drug-likeness (QED) is 0.467. The molecule has 1 N–H and O–H groups in total. The molecule has 2 aromatic carbocycles. The van der Waals surface area contributed by atoms with Crippen LogP contribution < -0.4 is 10.2 Å². The molecule has 0 spiro atoms. The molecule has 0 saturated heterocycles. The predicted molar refractivity (Wildman–Crippen MR) is 99.6 cm³/mol. The topological polar surface area (TPSA) is 93.8 Å². The Hall–Kier alpha value is -3.22. The second-order valence-electron chi connectivity index (χ2n) is 6.11. The molecule has 7 heteroatoms. The van der Waals surface area contributed by atoms with Crippen molar-refractivity contribution in [1.29, 1.82) is 0 Å². The number of ether oxygens (including phenoxy) is 1. The van der Waals surface area contributed by atoms with Crippen molar-refractivity contribution in [1.82, 2.24) is 5.43 Å². The highest BCUT2D eigenvalue weighted by atomic mass is 16.6. The van der Waals surface area contributed by atoms with Gasteiger partial charge in [0.1, 0.15) is 5.75 Å². The van der Waals surface area contributed by atoms with Crippen molar-refractivity contribution in [3.05, 3.63) is 69.3 Å². The first-order chi connectivity index (χ1) is 12.4. The standard InChI is InChI=1S/C19H21N3O4/c1-13(2)16-8-7-14(3)18(10-16)26-12-19(23)21-20-11-15-5-4-6-17(9-15)22(24)25/h4-11,13H,12H2,1-3H3,(H,21,23)/b20-11-. The van der Waals surface area contributed by atoms with Crippen LogP contribution in [-0.4, -0.2) is 23.7 Å². The van der Waals surface area contributed by atoms with Crippen molar-refractivity contribution in [3.63, 3.8) is 0 Å². The Balaban J connectivity index is 1.90. The lowest BCUT2D eigenvalue weighted by molar-refractivity contribution is -0.384. The number of aryl methyl sites for hydroxylation is 1. The van der Waals surface area contributed by atoms with E-state index in [0.29, 0.717) is 17.2 Å². The zero-order chi connectivity index (χ0) is 19.1. The Morgan fingerprint density at radius 3 is 2.77 bits per heavy atom.